The van der Waals surface area contributed by atoms with Crippen molar-refractivity contribution in [3.8, 4) is 0 Å². The van der Waals surface area contributed by atoms with E-state index in [4.69, 9.17) is 0 Å². The van der Waals surface area contributed by atoms with Gasteiger partial charge in [0.15, 0.2) is 0 Å². The number of para-hydroxylation sites is 1. The third kappa shape index (κ3) is 7.79. The van der Waals surface area contributed by atoms with Crippen LogP contribution < -0.4 is 16.0 Å². The molecule has 0 aromatic heterocycles. The number of piperidine rings is 1. The number of amides is 1. The Kier molecular flexibility index (Phi) is 9.81. The van der Waals surface area contributed by atoms with Gasteiger partial charge in [0.25, 0.3) is 0 Å². The average Bonchev–Trinajstić information content (AvgIpc) is 2.84. The molecule has 0 aliphatic carbocycles. The molecule has 2 aromatic carbocycles. The minimum absolute atomic E-state index is 0.0100. The lowest BCUT2D eigenvalue weighted by Crippen LogP contribution is -2.35. The first kappa shape index (κ1) is 25.6. The van der Waals surface area contributed by atoms with Crippen molar-refractivity contribution in [2.75, 3.05) is 36.8 Å². The summed E-state index contributed by atoms with van der Waals surface area (Å²) in [6.45, 7) is 12.2. The second-order valence-electron chi connectivity index (χ2n) is 9.41. The van der Waals surface area contributed by atoms with E-state index in [9.17, 15) is 4.79 Å². The van der Waals surface area contributed by atoms with Gasteiger partial charge in [-0.1, -0.05) is 49.9 Å². The molecule has 0 atom stereocenters. The van der Waals surface area contributed by atoms with Gasteiger partial charge in [0, 0.05) is 23.8 Å². The second-order valence-corrected chi connectivity index (χ2v) is 9.41. The molecule has 182 valence electrons. The Labute approximate surface area is 205 Å². The van der Waals surface area contributed by atoms with Gasteiger partial charge in [-0.15, -0.1) is 0 Å². The number of likely N-dealkylation sites (tertiary alicyclic amines) is 1. The summed E-state index contributed by atoms with van der Waals surface area (Å²) in [5.74, 6) is 1.54. The number of aryl methyl sites for hydroxylation is 1. The fraction of sp³-hybridized carbons (Fsp3) is 0.448. The first-order chi connectivity index (χ1) is 16.5. The Bertz CT molecular complexity index is 999. The molecule has 5 nitrogen and oxygen atoms in total. The Morgan fingerprint density at radius 2 is 1.88 bits per heavy atom. The molecule has 0 bridgehead atoms. The molecule has 2 aromatic rings. The summed E-state index contributed by atoms with van der Waals surface area (Å²) in [5.41, 5.74) is 7.85. The number of carbonyl (C=O) groups is 1. The van der Waals surface area contributed by atoms with E-state index < -0.39 is 0 Å². The summed E-state index contributed by atoms with van der Waals surface area (Å²) in [7, 11) is 0. The highest BCUT2D eigenvalue weighted by molar-refractivity contribution is 5.92. The van der Waals surface area contributed by atoms with Gasteiger partial charge in [0.1, 0.15) is 5.82 Å². The standard InChI is InChI=1S/C29H40N4O/c1-5-10-28(32-27-14-7-6-11-23(27)4)30-17-9-18-33-19-15-24(16-20-33)25-12-8-13-26(21-25)31-29(34)22(2)3/h5-8,11-14,21-22,24,30,32H,9,15-20H2,1-4H3,(H,31,34). The predicted octanol–water partition coefficient (Wildman–Crippen LogP) is 5.88. The van der Waals surface area contributed by atoms with Crippen molar-refractivity contribution in [2.24, 2.45) is 5.92 Å². The Morgan fingerprint density at radius 1 is 1.12 bits per heavy atom. The van der Waals surface area contributed by atoms with Crippen LogP contribution >= 0.6 is 0 Å². The molecule has 1 fully saturated rings. The Hall–Kier alpha value is -3.01. The number of allylic oxidation sites excluding steroid dienone is 1. The van der Waals surface area contributed by atoms with Gasteiger partial charge >= 0.3 is 0 Å². The molecule has 34 heavy (non-hydrogen) atoms. The normalized spacial score (nSPS) is 14.4. The van der Waals surface area contributed by atoms with Gasteiger partial charge in [-0.3, -0.25) is 4.79 Å². The average molecular weight is 461 g/mol. The zero-order valence-electron chi connectivity index (χ0n) is 21.2. The van der Waals surface area contributed by atoms with Gasteiger partial charge < -0.3 is 20.9 Å². The van der Waals surface area contributed by atoms with Crippen molar-refractivity contribution in [3.63, 3.8) is 0 Å². The van der Waals surface area contributed by atoms with E-state index in [0.29, 0.717) is 5.92 Å². The number of nitrogens with zero attached hydrogens (tertiary/aromatic N) is 1. The van der Waals surface area contributed by atoms with Crippen molar-refractivity contribution in [1.82, 2.24) is 10.2 Å². The van der Waals surface area contributed by atoms with E-state index >= 15 is 0 Å². The van der Waals surface area contributed by atoms with Gasteiger partial charge in [0.05, 0.1) is 0 Å². The number of hydrogen-bond donors (Lipinski definition) is 3. The third-order valence-electron chi connectivity index (χ3n) is 6.38. The number of benzene rings is 2. The van der Waals surface area contributed by atoms with Crippen molar-refractivity contribution in [3.05, 3.63) is 77.3 Å². The minimum atomic E-state index is -0.0100. The molecule has 0 unspecified atom stereocenters. The first-order valence-corrected chi connectivity index (χ1v) is 12.6. The Morgan fingerprint density at radius 3 is 2.59 bits per heavy atom. The molecule has 3 rings (SSSR count). The topological polar surface area (TPSA) is 56.4 Å². The second kappa shape index (κ2) is 13.0. The van der Waals surface area contributed by atoms with Gasteiger partial charge in [-0.25, -0.2) is 0 Å². The van der Waals surface area contributed by atoms with Crippen LogP contribution in [0.3, 0.4) is 0 Å². The number of hydrogen-bond acceptors (Lipinski definition) is 4. The van der Waals surface area contributed by atoms with E-state index in [0.717, 1.165) is 62.6 Å². The largest absolute Gasteiger partial charge is 0.365 e. The summed E-state index contributed by atoms with van der Waals surface area (Å²) < 4.78 is 0. The van der Waals surface area contributed by atoms with Crippen LogP contribution in [0.2, 0.25) is 0 Å². The van der Waals surface area contributed by atoms with E-state index in [1.54, 1.807) is 0 Å². The number of anilines is 2. The molecule has 3 N–H and O–H groups in total. The maximum absolute atomic E-state index is 12.0. The third-order valence-corrected chi connectivity index (χ3v) is 6.38. The molecular weight excluding hydrogens is 420 g/mol. The van der Waals surface area contributed by atoms with Crippen LogP contribution in [0.15, 0.2) is 66.2 Å². The first-order valence-electron chi connectivity index (χ1n) is 12.6. The van der Waals surface area contributed by atoms with Crippen molar-refractivity contribution in [1.29, 1.82) is 0 Å². The maximum atomic E-state index is 12.0. The van der Waals surface area contributed by atoms with Gasteiger partial charge in [-0.05, 0) is 94.1 Å². The van der Waals surface area contributed by atoms with Crippen LogP contribution in [0.5, 0.6) is 0 Å². The number of nitrogens with one attached hydrogen (secondary N) is 3. The fourth-order valence-electron chi connectivity index (χ4n) is 4.29. The minimum Gasteiger partial charge on any atom is -0.365 e. The number of rotatable bonds is 10. The van der Waals surface area contributed by atoms with E-state index in [-0.39, 0.29) is 11.8 Å². The zero-order valence-corrected chi connectivity index (χ0v) is 21.2. The molecular formula is C29H40N4O. The molecule has 1 aliphatic heterocycles. The fourth-order valence-corrected chi connectivity index (χ4v) is 4.29. The molecule has 5 heteroatoms. The van der Waals surface area contributed by atoms with Crippen molar-refractivity contribution >= 4 is 17.3 Å². The lowest BCUT2D eigenvalue weighted by atomic mass is 9.89. The van der Waals surface area contributed by atoms with Crippen LogP contribution in [0, 0.1) is 12.8 Å². The van der Waals surface area contributed by atoms with Crippen LogP contribution in [0.1, 0.15) is 57.1 Å². The van der Waals surface area contributed by atoms with Crippen molar-refractivity contribution in [2.45, 2.75) is 52.9 Å². The quantitative estimate of drug-likeness (QED) is 0.306. The highest BCUT2D eigenvalue weighted by Crippen LogP contribution is 2.29. The summed E-state index contributed by atoms with van der Waals surface area (Å²) in [4.78, 5) is 14.6. The predicted molar refractivity (Wildman–Crippen MR) is 143 cm³/mol. The smallest absolute Gasteiger partial charge is 0.226 e. The van der Waals surface area contributed by atoms with Crippen LogP contribution in [0.25, 0.3) is 0 Å². The highest BCUT2D eigenvalue weighted by Gasteiger charge is 2.20. The molecule has 1 amide bonds. The monoisotopic (exact) mass is 460 g/mol. The van der Waals surface area contributed by atoms with Crippen LogP contribution in [-0.2, 0) is 4.79 Å². The maximum Gasteiger partial charge on any atom is 0.226 e. The SMILES string of the molecule is CC=C=C(NCCCN1CCC(c2cccc(NC(=O)C(C)C)c2)CC1)Nc1ccccc1C. The van der Waals surface area contributed by atoms with E-state index in [2.05, 4.69) is 69.9 Å². The summed E-state index contributed by atoms with van der Waals surface area (Å²) in [5, 5.41) is 9.99. The highest BCUT2D eigenvalue weighted by atomic mass is 16.1. The molecule has 1 aliphatic rings. The summed E-state index contributed by atoms with van der Waals surface area (Å²) >= 11 is 0. The lowest BCUT2D eigenvalue weighted by Gasteiger charge is -2.32. The van der Waals surface area contributed by atoms with E-state index in [1.807, 2.05) is 39.0 Å². The van der Waals surface area contributed by atoms with Crippen LogP contribution in [0.4, 0.5) is 11.4 Å². The summed E-state index contributed by atoms with van der Waals surface area (Å²) in [6.07, 6.45) is 5.34. The Balaban J connectivity index is 1.41. The van der Waals surface area contributed by atoms with Crippen molar-refractivity contribution < 1.29 is 4.79 Å². The molecule has 0 radical (unpaired) electrons. The van der Waals surface area contributed by atoms with Gasteiger partial charge in [0.2, 0.25) is 5.91 Å². The molecule has 1 saturated heterocycles. The summed E-state index contributed by atoms with van der Waals surface area (Å²) in [6, 6.07) is 16.7. The van der Waals surface area contributed by atoms with Crippen LogP contribution in [-0.4, -0.2) is 37.0 Å². The van der Waals surface area contributed by atoms with E-state index in [1.165, 1.54) is 11.1 Å². The zero-order chi connectivity index (χ0) is 24.3. The molecule has 1 heterocycles. The lowest BCUT2D eigenvalue weighted by molar-refractivity contribution is -0.118. The number of carbonyl (C=O) groups excluding carboxylic acids is 1. The van der Waals surface area contributed by atoms with Gasteiger partial charge in [-0.2, -0.15) is 0 Å². The molecule has 0 saturated carbocycles. The molecule has 0 spiro atoms.